The molecule has 0 atom stereocenters. The summed E-state index contributed by atoms with van der Waals surface area (Å²) >= 11 is 7.15. The van der Waals surface area contributed by atoms with E-state index in [1.165, 1.54) is 23.9 Å². The van der Waals surface area contributed by atoms with Crippen molar-refractivity contribution in [3.05, 3.63) is 83.4 Å². The summed E-state index contributed by atoms with van der Waals surface area (Å²) < 4.78 is 33.1. The predicted molar refractivity (Wildman–Crippen MR) is 126 cm³/mol. The van der Waals surface area contributed by atoms with Crippen LogP contribution in [0.1, 0.15) is 12.5 Å². The van der Waals surface area contributed by atoms with Crippen LogP contribution in [0.5, 0.6) is 5.75 Å². The van der Waals surface area contributed by atoms with Crippen LogP contribution in [0, 0.1) is 6.92 Å². The Morgan fingerprint density at radius 2 is 1.58 bits per heavy atom. The topological polar surface area (TPSA) is 63.7 Å². The lowest BCUT2D eigenvalue weighted by atomic mass is 10.2. The Hall–Kier alpha value is -2.48. The number of ether oxygens (including phenoxy) is 1. The van der Waals surface area contributed by atoms with Gasteiger partial charge >= 0.3 is 0 Å². The van der Waals surface area contributed by atoms with Gasteiger partial charge in [-0.2, -0.15) is 0 Å². The molecule has 0 aromatic heterocycles. The molecule has 0 aliphatic rings. The molecule has 0 aliphatic carbocycles. The molecule has 0 heterocycles. The fourth-order valence-electron chi connectivity index (χ4n) is 2.81. The minimum atomic E-state index is -4.10. The molecule has 3 aromatic carbocycles. The molecule has 1 amide bonds. The number of sulfonamides is 1. The van der Waals surface area contributed by atoms with Crippen molar-refractivity contribution in [1.29, 1.82) is 0 Å². The van der Waals surface area contributed by atoms with Crippen LogP contribution in [0.3, 0.4) is 0 Å². The Morgan fingerprint density at radius 3 is 2.16 bits per heavy atom. The standard InChI is InChI=1S/C23H22ClNO4S2/c1-3-29-20-10-8-19(9-11-20)25(31(27,28)22-14-4-17(2)5-15-22)23(26)16-30-21-12-6-18(24)7-13-21/h4-15H,3,16H2,1-2H3. The monoisotopic (exact) mass is 475 g/mol. The minimum absolute atomic E-state index is 0.0526. The van der Waals surface area contributed by atoms with Gasteiger partial charge in [-0.05, 0) is 74.5 Å². The van der Waals surface area contributed by atoms with Gasteiger partial charge < -0.3 is 4.74 Å². The number of carbonyl (C=O) groups excluding carboxylic acids is 1. The van der Waals surface area contributed by atoms with Crippen LogP contribution in [0.2, 0.25) is 5.02 Å². The van der Waals surface area contributed by atoms with Crippen molar-refractivity contribution in [3.63, 3.8) is 0 Å². The molecule has 162 valence electrons. The lowest BCUT2D eigenvalue weighted by Gasteiger charge is -2.23. The van der Waals surface area contributed by atoms with Crippen LogP contribution >= 0.6 is 23.4 Å². The number of carbonyl (C=O) groups is 1. The number of benzene rings is 3. The highest BCUT2D eigenvalue weighted by Crippen LogP contribution is 2.28. The van der Waals surface area contributed by atoms with Gasteiger partial charge in [-0.1, -0.05) is 29.3 Å². The second kappa shape index (κ2) is 10.2. The molecule has 0 saturated carbocycles. The van der Waals surface area contributed by atoms with Gasteiger partial charge in [-0.3, -0.25) is 4.79 Å². The molecule has 0 saturated heterocycles. The highest BCUT2D eigenvalue weighted by atomic mass is 35.5. The van der Waals surface area contributed by atoms with E-state index in [1.807, 2.05) is 13.8 Å². The third-order valence-electron chi connectivity index (χ3n) is 4.34. The van der Waals surface area contributed by atoms with Crippen LogP contribution in [-0.4, -0.2) is 26.7 Å². The number of aryl methyl sites for hydroxylation is 1. The first-order chi connectivity index (χ1) is 14.8. The zero-order valence-corrected chi connectivity index (χ0v) is 19.5. The third kappa shape index (κ3) is 5.81. The molecule has 0 unspecified atom stereocenters. The quantitative estimate of drug-likeness (QED) is 0.399. The van der Waals surface area contributed by atoms with E-state index >= 15 is 0 Å². The van der Waals surface area contributed by atoms with Crippen molar-refractivity contribution in [2.24, 2.45) is 0 Å². The van der Waals surface area contributed by atoms with Gasteiger partial charge in [0.1, 0.15) is 5.75 Å². The van der Waals surface area contributed by atoms with Crippen LogP contribution in [0.15, 0.2) is 82.6 Å². The number of hydrogen-bond acceptors (Lipinski definition) is 5. The van der Waals surface area contributed by atoms with E-state index in [0.29, 0.717) is 17.4 Å². The number of halogens is 1. The van der Waals surface area contributed by atoms with E-state index in [4.69, 9.17) is 16.3 Å². The Bertz CT molecular complexity index is 1130. The van der Waals surface area contributed by atoms with Crippen molar-refractivity contribution < 1.29 is 17.9 Å². The predicted octanol–water partition coefficient (Wildman–Crippen LogP) is 5.56. The first-order valence-electron chi connectivity index (χ1n) is 9.57. The van der Waals surface area contributed by atoms with Gasteiger partial charge in [0.15, 0.2) is 0 Å². The summed E-state index contributed by atoms with van der Waals surface area (Å²) in [5.74, 6) is -0.00784. The molecule has 0 bridgehead atoms. The summed E-state index contributed by atoms with van der Waals surface area (Å²) in [6.45, 7) is 4.22. The second-order valence-corrected chi connectivity index (χ2v) is 9.92. The number of nitrogens with zero attached hydrogens (tertiary/aromatic N) is 1. The van der Waals surface area contributed by atoms with Gasteiger partial charge in [-0.15, -0.1) is 11.8 Å². The molecule has 5 nitrogen and oxygen atoms in total. The molecular formula is C23H22ClNO4S2. The fourth-order valence-corrected chi connectivity index (χ4v) is 5.19. The first-order valence-corrected chi connectivity index (χ1v) is 12.4. The van der Waals surface area contributed by atoms with E-state index in [2.05, 4.69) is 0 Å². The third-order valence-corrected chi connectivity index (χ3v) is 7.36. The van der Waals surface area contributed by atoms with E-state index in [-0.39, 0.29) is 16.3 Å². The van der Waals surface area contributed by atoms with Crippen molar-refractivity contribution in [1.82, 2.24) is 0 Å². The number of thioether (sulfide) groups is 1. The summed E-state index contributed by atoms with van der Waals surface area (Å²) in [5.41, 5.74) is 1.18. The normalized spacial score (nSPS) is 11.2. The lowest BCUT2D eigenvalue weighted by molar-refractivity contribution is -0.115. The van der Waals surface area contributed by atoms with Gasteiger partial charge in [0, 0.05) is 9.92 Å². The van der Waals surface area contributed by atoms with Gasteiger partial charge in [0.25, 0.3) is 15.9 Å². The van der Waals surface area contributed by atoms with Gasteiger partial charge in [-0.25, -0.2) is 12.7 Å². The molecule has 31 heavy (non-hydrogen) atoms. The highest BCUT2D eigenvalue weighted by molar-refractivity contribution is 8.00. The molecule has 3 aromatic rings. The van der Waals surface area contributed by atoms with E-state index in [1.54, 1.807) is 60.7 Å². The smallest absolute Gasteiger partial charge is 0.270 e. The minimum Gasteiger partial charge on any atom is -0.494 e. The van der Waals surface area contributed by atoms with Crippen LogP contribution in [0.4, 0.5) is 5.69 Å². The summed E-state index contributed by atoms with van der Waals surface area (Å²) in [5, 5.41) is 0.591. The van der Waals surface area contributed by atoms with Gasteiger partial charge in [0.2, 0.25) is 0 Å². The maximum atomic E-state index is 13.4. The lowest BCUT2D eigenvalue weighted by Crippen LogP contribution is -2.38. The SMILES string of the molecule is CCOc1ccc(N(C(=O)CSc2ccc(Cl)cc2)S(=O)(=O)c2ccc(C)cc2)cc1. The summed E-state index contributed by atoms with van der Waals surface area (Å²) in [4.78, 5) is 14.0. The molecule has 0 aliphatic heterocycles. The summed E-state index contributed by atoms with van der Waals surface area (Å²) in [7, 11) is -4.10. The van der Waals surface area contributed by atoms with Crippen molar-refractivity contribution in [2.75, 3.05) is 16.7 Å². The number of rotatable bonds is 8. The number of hydrogen-bond donors (Lipinski definition) is 0. The largest absolute Gasteiger partial charge is 0.494 e. The second-order valence-electron chi connectivity index (χ2n) is 6.65. The van der Waals surface area contributed by atoms with Gasteiger partial charge in [0.05, 0.1) is 22.9 Å². The van der Waals surface area contributed by atoms with E-state index < -0.39 is 15.9 Å². The molecule has 3 rings (SSSR count). The van der Waals surface area contributed by atoms with Crippen molar-refractivity contribution in [2.45, 2.75) is 23.6 Å². The summed E-state index contributed by atoms with van der Waals surface area (Å²) in [6.07, 6.45) is 0. The Kier molecular flexibility index (Phi) is 7.64. The molecule has 8 heteroatoms. The average molecular weight is 476 g/mol. The van der Waals surface area contributed by atoms with Crippen LogP contribution < -0.4 is 9.04 Å². The average Bonchev–Trinajstić information content (AvgIpc) is 2.75. The molecule has 0 N–H and O–H groups in total. The fraction of sp³-hybridized carbons (Fsp3) is 0.174. The van der Waals surface area contributed by atoms with Crippen LogP contribution in [0.25, 0.3) is 0 Å². The first kappa shape index (κ1) is 23.2. The highest BCUT2D eigenvalue weighted by Gasteiger charge is 2.31. The zero-order valence-electron chi connectivity index (χ0n) is 17.1. The van der Waals surface area contributed by atoms with E-state index in [9.17, 15) is 13.2 Å². The van der Waals surface area contributed by atoms with E-state index in [0.717, 1.165) is 14.8 Å². The molecule has 0 radical (unpaired) electrons. The van der Waals surface area contributed by atoms with Crippen LogP contribution in [-0.2, 0) is 14.8 Å². The summed E-state index contributed by atoms with van der Waals surface area (Å²) in [6, 6.07) is 19.9. The Labute approximate surface area is 192 Å². The molecule has 0 spiro atoms. The maximum absolute atomic E-state index is 13.4. The molecule has 0 fully saturated rings. The Morgan fingerprint density at radius 1 is 0.968 bits per heavy atom. The zero-order chi connectivity index (χ0) is 22.4. The van der Waals surface area contributed by atoms with Crippen molar-refractivity contribution in [3.8, 4) is 5.75 Å². The molecular weight excluding hydrogens is 454 g/mol. The maximum Gasteiger partial charge on any atom is 0.270 e. The number of amides is 1. The number of anilines is 1. The Balaban J connectivity index is 1.93. The van der Waals surface area contributed by atoms with Crippen molar-refractivity contribution >= 4 is 45.0 Å².